The van der Waals surface area contributed by atoms with Crippen LogP contribution in [0, 0.1) is 5.92 Å². The fraction of sp³-hybridized carbons (Fsp3) is 0.667. The fourth-order valence-corrected chi connectivity index (χ4v) is 1.15. The Kier molecular flexibility index (Phi) is 7.25. The maximum Gasteiger partial charge on any atom is 0.308 e. The largest absolute Gasteiger partial charge is 0.464 e. The van der Waals surface area contributed by atoms with E-state index in [4.69, 9.17) is 4.74 Å². The molecule has 0 bridgehead atoms. The average molecular weight is 227 g/mol. The SMILES string of the molecule is C=CC(=O)N(CCC)CCOC(=O)C(C)C. The molecular formula is C12H21NO3. The van der Waals surface area contributed by atoms with E-state index in [1.54, 1.807) is 18.7 Å². The summed E-state index contributed by atoms with van der Waals surface area (Å²) in [6, 6.07) is 0. The number of esters is 1. The number of rotatable bonds is 7. The molecule has 1 amide bonds. The van der Waals surface area contributed by atoms with Gasteiger partial charge in [-0.05, 0) is 12.5 Å². The van der Waals surface area contributed by atoms with E-state index in [-0.39, 0.29) is 24.4 Å². The van der Waals surface area contributed by atoms with Crippen LogP contribution in [0.2, 0.25) is 0 Å². The van der Waals surface area contributed by atoms with E-state index < -0.39 is 0 Å². The standard InChI is InChI=1S/C12H21NO3/c1-5-7-13(11(14)6-2)8-9-16-12(15)10(3)4/h6,10H,2,5,7-9H2,1,3-4H3. The zero-order valence-corrected chi connectivity index (χ0v) is 10.4. The van der Waals surface area contributed by atoms with Crippen LogP contribution in [0.15, 0.2) is 12.7 Å². The minimum atomic E-state index is -0.234. The Labute approximate surface area is 97.3 Å². The van der Waals surface area contributed by atoms with Gasteiger partial charge in [0.2, 0.25) is 5.91 Å². The summed E-state index contributed by atoms with van der Waals surface area (Å²) in [5, 5.41) is 0. The molecule has 92 valence electrons. The highest BCUT2D eigenvalue weighted by Crippen LogP contribution is 1.98. The third-order valence-electron chi connectivity index (χ3n) is 2.06. The molecule has 0 aromatic heterocycles. The maximum atomic E-state index is 11.4. The molecular weight excluding hydrogens is 206 g/mol. The monoisotopic (exact) mass is 227 g/mol. The normalized spacial score (nSPS) is 10.0. The minimum Gasteiger partial charge on any atom is -0.464 e. The van der Waals surface area contributed by atoms with Crippen LogP contribution in [0.3, 0.4) is 0 Å². The Morgan fingerprint density at radius 3 is 2.44 bits per heavy atom. The lowest BCUT2D eigenvalue weighted by atomic mass is 10.2. The Hall–Kier alpha value is -1.32. The van der Waals surface area contributed by atoms with Crippen molar-refractivity contribution < 1.29 is 14.3 Å². The number of hydrogen-bond donors (Lipinski definition) is 0. The molecule has 0 N–H and O–H groups in total. The lowest BCUT2D eigenvalue weighted by Gasteiger charge is -2.20. The zero-order chi connectivity index (χ0) is 12.6. The zero-order valence-electron chi connectivity index (χ0n) is 10.4. The van der Waals surface area contributed by atoms with E-state index in [0.717, 1.165) is 6.42 Å². The number of ether oxygens (including phenoxy) is 1. The van der Waals surface area contributed by atoms with E-state index >= 15 is 0 Å². The van der Waals surface area contributed by atoms with Crippen molar-refractivity contribution in [2.24, 2.45) is 5.92 Å². The molecule has 0 aliphatic carbocycles. The first-order valence-corrected chi connectivity index (χ1v) is 5.60. The Morgan fingerprint density at radius 2 is 2.00 bits per heavy atom. The van der Waals surface area contributed by atoms with Crippen LogP contribution in [0.1, 0.15) is 27.2 Å². The van der Waals surface area contributed by atoms with Gasteiger partial charge in [-0.25, -0.2) is 0 Å². The van der Waals surface area contributed by atoms with Gasteiger partial charge in [0, 0.05) is 6.54 Å². The number of amides is 1. The molecule has 4 heteroatoms. The summed E-state index contributed by atoms with van der Waals surface area (Å²) < 4.78 is 5.01. The van der Waals surface area contributed by atoms with Gasteiger partial charge >= 0.3 is 5.97 Å². The molecule has 0 rings (SSSR count). The van der Waals surface area contributed by atoms with Crippen LogP contribution in [0.5, 0.6) is 0 Å². The van der Waals surface area contributed by atoms with Crippen LogP contribution in [0.25, 0.3) is 0 Å². The molecule has 16 heavy (non-hydrogen) atoms. The van der Waals surface area contributed by atoms with Gasteiger partial charge in [-0.15, -0.1) is 0 Å². The lowest BCUT2D eigenvalue weighted by molar-refractivity contribution is -0.148. The smallest absolute Gasteiger partial charge is 0.308 e. The van der Waals surface area contributed by atoms with Crippen LogP contribution in [-0.2, 0) is 14.3 Å². The summed E-state index contributed by atoms with van der Waals surface area (Å²) in [4.78, 5) is 24.2. The Balaban J connectivity index is 3.98. The van der Waals surface area contributed by atoms with E-state index in [0.29, 0.717) is 13.1 Å². The highest BCUT2D eigenvalue weighted by atomic mass is 16.5. The first-order chi connectivity index (χ1) is 7.52. The second kappa shape index (κ2) is 7.91. The molecule has 0 aromatic carbocycles. The van der Waals surface area contributed by atoms with Crippen LogP contribution in [0.4, 0.5) is 0 Å². The third kappa shape index (κ3) is 5.53. The summed E-state index contributed by atoms with van der Waals surface area (Å²) in [5.74, 6) is -0.486. The molecule has 0 fully saturated rings. The molecule has 4 nitrogen and oxygen atoms in total. The van der Waals surface area contributed by atoms with E-state index in [2.05, 4.69) is 6.58 Å². The highest BCUT2D eigenvalue weighted by Gasteiger charge is 2.11. The number of hydrogen-bond acceptors (Lipinski definition) is 3. The van der Waals surface area contributed by atoms with Gasteiger partial charge in [0.1, 0.15) is 6.61 Å². The number of carbonyl (C=O) groups excluding carboxylic acids is 2. The predicted octanol–water partition coefficient (Wildman–Crippen LogP) is 1.61. The molecule has 0 saturated carbocycles. The Morgan fingerprint density at radius 1 is 1.38 bits per heavy atom. The highest BCUT2D eigenvalue weighted by molar-refractivity contribution is 5.87. The molecule has 0 aliphatic heterocycles. The van der Waals surface area contributed by atoms with Gasteiger partial charge in [0.05, 0.1) is 12.5 Å². The third-order valence-corrected chi connectivity index (χ3v) is 2.06. The van der Waals surface area contributed by atoms with Crippen LogP contribution < -0.4 is 0 Å². The average Bonchev–Trinajstić information content (AvgIpc) is 2.26. The number of carbonyl (C=O) groups is 2. The first kappa shape index (κ1) is 14.7. The van der Waals surface area contributed by atoms with Gasteiger partial charge in [0.15, 0.2) is 0 Å². The number of nitrogens with zero attached hydrogens (tertiary/aromatic N) is 1. The molecule has 0 spiro atoms. The van der Waals surface area contributed by atoms with Crippen molar-refractivity contribution in [3.8, 4) is 0 Å². The Bertz CT molecular complexity index is 249. The van der Waals surface area contributed by atoms with E-state index in [1.807, 2.05) is 6.92 Å². The van der Waals surface area contributed by atoms with Crippen LogP contribution >= 0.6 is 0 Å². The van der Waals surface area contributed by atoms with Crippen molar-refractivity contribution in [2.45, 2.75) is 27.2 Å². The molecule has 0 saturated heterocycles. The summed E-state index contributed by atoms with van der Waals surface area (Å²) in [5.41, 5.74) is 0. The molecule has 0 heterocycles. The topological polar surface area (TPSA) is 46.6 Å². The van der Waals surface area contributed by atoms with Crippen molar-refractivity contribution in [1.29, 1.82) is 0 Å². The summed E-state index contributed by atoms with van der Waals surface area (Å²) in [6.45, 7) is 10.3. The van der Waals surface area contributed by atoms with Crippen molar-refractivity contribution in [3.63, 3.8) is 0 Å². The van der Waals surface area contributed by atoms with Crippen molar-refractivity contribution in [1.82, 2.24) is 4.90 Å². The van der Waals surface area contributed by atoms with E-state index in [1.165, 1.54) is 6.08 Å². The second-order valence-corrected chi connectivity index (χ2v) is 3.85. The van der Waals surface area contributed by atoms with Crippen molar-refractivity contribution in [2.75, 3.05) is 19.7 Å². The predicted molar refractivity (Wildman–Crippen MR) is 62.9 cm³/mol. The first-order valence-electron chi connectivity index (χ1n) is 5.60. The minimum absolute atomic E-state index is 0.123. The lowest BCUT2D eigenvalue weighted by Crippen LogP contribution is -2.34. The summed E-state index contributed by atoms with van der Waals surface area (Å²) >= 11 is 0. The summed E-state index contributed by atoms with van der Waals surface area (Å²) in [7, 11) is 0. The van der Waals surface area contributed by atoms with Gasteiger partial charge in [0.25, 0.3) is 0 Å². The van der Waals surface area contributed by atoms with Gasteiger partial charge in [-0.2, -0.15) is 0 Å². The van der Waals surface area contributed by atoms with E-state index in [9.17, 15) is 9.59 Å². The molecule has 0 aromatic rings. The fourth-order valence-electron chi connectivity index (χ4n) is 1.15. The molecule has 0 unspecified atom stereocenters. The molecule has 0 atom stereocenters. The van der Waals surface area contributed by atoms with Gasteiger partial charge < -0.3 is 9.64 Å². The maximum absolute atomic E-state index is 11.4. The molecule has 0 radical (unpaired) electrons. The van der Waals surface area contributed by atoms with Crippen molar-refractivity contribution >= 4 is 11.9 Å². The van der Waals surface area contributed by atoms with Crippen LogP contribution in [-0.4, -0.2) is 36.5 Å². The summed E-state index contributed by atoms with van der Waals surface area (Å²) in [6.07, 6.45) is 2.15. The van der Waals surface area contributed by atoms with Gasteiger partial charge in [-0.3, -0.25) is 9.59 Å². The molecule has 0 aliphatic rings. The quantitative estimate of drug-likeness (QED) is 0.490. The van der Waals surface area contributed by atoms with Gasteiger partial charge in [-0.1, -0.05) is 27.4 Å². The second-order valence-electron chi connectivity index (χ2n) is 3.85. The van der Waals surface area contributed by atoms with Crippen molar-refractivity contribution in [3.05, 3.63) is 12.7 Å².